The summed E-state index contributed by atoms with van der Waals surface area (Å²) in [6.07, 6.45) is 2.91. The Hall–Kier alpha value is -2.50. The number of aromatic hydroxyl groups is 1. The van der Waals surface area contributed by atoms with E-state index in [1.807, 2.05) is 0 Å². The minimum Gasteiger partial charge on any atom is -0.504 e. The second-order valence-electron chi connectivity index (χ2n) is 5.63. The summed E-state index contributed by atoms with van der Waals surface area (Å²) in [7, 11) is 1.49. The van der Waals surface area contributed by atoms with Crippen LogP contribution in [0.4, 0.5) is 4.79 Å². The maximum atomic E-state index is 11.4. The summed E-state index contributed by atoms with van der Waals surface area (Å²) in [6, 6.07) is 4.98. The van der Waals surface area contributed by atoms with Gasteiger partial charge in [0.1, 0.15) is 5.60 Å². The number of carbonyl (C=O) groups is 1. The molecular weight excluding hydrogens is 284 g/mol. The molecule has 0 saturated heterocycles. The second kappa shape index (κ2) is 7.49. The van der Waals surface area contributed by atoms with E-state index in [-0.39, 0.29) is 5.75 Å². The predicted octanol–water partition coefficient (Wildman–Crippen LogP) is 3.31. The van der Waals surface area contributed by atoms with Crippen LogP contribution in [0.2, 0.25) is 0 Å². The molecule has 0 aromatic heterocycles. The summed E-state index contributed by atoms with van der Waals surface area (Å²) in [5.41, 5.74) is 3.18. The SMILES string of the molecule is COc1cc(C=CC(C)=NNC(=O)OC(C)(C)C)ccc1O. The molecule has 0 spiro atoms. The maximum absolute atomic E-state index is 11.4. The van der Waals surface area contributed by atoms with E-state index < -0.39 is 11.7 Å². The lowest BCUT2D eigenvalue weighted by atomic mass is 10.2. The average Bonchev–Trinajstić information content (AvgIpc) is 2.42. The van der Waals surface area contributed by atoms with Crippen molar-refractivity contribution in [1.82, 2.24) is 5.43 Å². The molecule has 0 aliphatic rings. The molecule has 0 bridgehead atoms. The first-order valence-corrected chi connectivity index (χ1v) is 6.79. The van der Waals surface area contributed by atoms with Crippen LogP contribution in [0.5, 0.6) is 11.5 Å². The van der Waals surface area contributed by atoms with Crippen molar-refractivity contribution < 1.29 is 19.4 Å². The third-order valence-electron chi connectivity index (χ3n) is 2.44. The number of allylic oxidation sites excluding steroid dienone is 1. The molecule has 1 amide bonds. The molecule has 120 valence electrons. The van der Waals surface area contributed by atoms with Gasteiger partial charge in [0.2, 0.25) is 0 Å². The molecule has 1 aromatic carbocycles. The number of phenolic OH excluding ortho intramolecular Hbond substituents is 1. The van der Waals surface area contributed by atoms with E-state index in [1.54, 1.807) is 58.0 Å². The summed E-state index contributed by atoms with van der Waals surface area (Å²) < 4.78 is 10.1. The lowest BCUT2D eigenvalue weighted by Crippen LogP contribution is -2.30. The van der Waals surface area contributed by atoms with Gasteiger partial charge in [-0.1, -0.05) is 12.1 Å². The number of nitrogens with zero attached hydrogens (tertiary/aromatic N) is 1. The van der Waals surface area contributed by atoms with Crippen molar-refractivity contribution in [3.05, 3.63) is 29.8 Å². The molecule has 0 fully saturated rings. The summed E-state index contributed by atoms with van der Waals surface area (Å²) in [6.45, 7) is 7.08. The molecule has 0 radical (unpaired) electrons. The van der Waals surface area contributed by atoms with Crippen molar-refractivity contribution in [3.63, 3.8) is 0 Å². The Kier molecular flexibility index (Phi) is 5.98. The van der Waals surface area contributed by atoms with Gasteiger partial charge in [0.25, 0.3) is 0 Å². The number of phenols is 1. The first-order valence-electron chi connectivity index (χ1n) is 6.79. The van der Waals surface area contributed by atoms with Crippen LogP contribution in [0.1, 0.15) is 33.3 Å². The molecule has 0 saturated carbocycles. The van der Waals surface area contributed by atoms with Gasteiger partial charge in [-0.2, -0.15) is 5.10 Å². The average molecular weight is 306 g/mol. The second-order valence-corrected chi connectivity index (χ2v) is 5.63. The van der Waals surface area contributed by atoms with Crippen LogP contribution in [0.3, 0.4) is 0 Å². The number of benzene rings is 1. The lowest BCUT2D eigenvalue weighted by molar-refractivity contribution is 0.0529. The molecular formula is C16H22N2O4. The Balaban J connectivity index is 2.65. The normalized spacial score (nSPS) is 12.3. The molecule has 1 rings (SSSR count). The van der Waals surface area contributed by atoms with Crippen LogP contribution in [0.15, 0.2) is 29.4 Å². The number of hydrazone groups is 1. The quantitative estimate of drug-likeness (QED) is 0.660. The fourth-order valence-corrected chi connectivity index (χ4v) is 1.49. The van der Waals surface area contributed by atoms with E-state index in [4.69, 9.17) is 9.47 Å². The van der Waals surface area contributed by atoms with Gasteiger partial charge in [-0.15, -0.1) is 0 Å². The topological polar surface area (TPSA) is 80.2 Å². The first kappa shape index (κ1) is 17.6. The number of rotatable bonds is 4. The number of hydrogen-bond donors (Lipinski definition) is 2. The number of amides is 1. The van der Waals surface area contributed by atoms with E-state index in [1.165, 1.54) is 7.11 Å². The highest BCUT2D eigenvalue weighted by molar-refractivity contribution is 5.96. The Bertz CT molecular complexity index is 586. The van der Waals surface area contributed by atoms with E-state index in [0.29, 0.717) is 11.5 Å². The molecule has 22 heavy (non-hydrogen) atoms. The van der Waals surface area contributed by atoms with Crippen molar-refractivity contribution in [1.29, 1.82) is 0 Å². The Morgan fingerprint density at radius 2 is 2.05 bits per heavy atom. The van der Waals surface area contributed by atoms with Gasteiger partial charge in [-0.3, -0.25) is 0 Å². The molecule has 0 aliphatic carbocycles. The van der Waals surface area contributed by atoms with Gasteiger partial charge in [0.15, 0.2) is 11.5 Å². The van der Waals surface area contributed by atoms with Crippen LogP contribution in [-0.2, 0) is 4.74 Å². The Morgan fingerprint density at radius 1 is 1.36 bits per heavy atom. The van der Waals surface area contributed by atoms with E-state index in [2.05, 4.69) is 10.5 Å². The zero-order chi connectivity index (χ0) is 16.8. The number of nitrogens with one attached hydrogen (secondary N) is 1. The maximum Gasteiger partial charge on any atom is 0.428 e. The number of hydrogen-bond acceptors (Lipinski definition) is 5. The highest BCUT2D eigenvalue weighted by atomic mass is 16.6. The number of ether oxygens (including phenoxy) is 2. The summed E-state index contributed by atoms with van der Waals surface area (Å²) >= 11 is 0. The first-order chi connectivity index (χ1) is 10.2. The molecule has 6 nitrogen and oxygen atoms in total. The molecule has 0 aliphatic heterocycles. The predicted molar refractivity (Wildman–Crippen MR) is 86.2 cm³/mol. The molecule has 6 heteroatoms. The smallest absolute Gasteiger partial charge is 0.428 e. The molecule has 0 heterocycles. The fraction of sp³-hybridized carbons (Fsp3) is 0.375. The number of carbonyl (C=O) groups excluding carboxylic acids is 1. The van der Waals surface area contributed by atoms with Gasteiger partial charge in [-0.05, 0) is 51.5 Å². The summed E-state index contributed by atoms with van der Waals surface area (Å²) in [4.78, 5) is 11.4. The zero-order valence-electron chi connectivity index (χ0n) is 13.5. The van der Waals surface area contributed by atoms with Crippen molar-refractivity contribution in [2.24, 2.45) is 5.10 Å². The van der Waals surface area contributed by atoms with Crippen LogP contribution in [0, 0.1) is 0 Å². The fourth-order valence-electron chi connectivity index (χ4n) is 1.49. The van der Waals surface area contributed by atoms with Crippen molar-refractivity contribution in [2.45, 2.75) is 33.3 Å². The molecule has 2 N–H and O–H groups in total. The third-order valence-corrected chi connectivity index (χ3v) is 2.44. The Labute approximate surface area is 130 Å². The van der Waals surface area contributed by atoms with Crippen LogP contribution < -0.4 is 10.2 Å². The summed E-state index contributed by atoms with van der Waals surface area (Å²) in [5, 5.41) is 13.4. The van der Waals surface area contributed by atoms with Crippen molar-refractivity contribution in [3.8, 4) is 11.5 Å². The van der Waals surface area contributed by atoms with Crippen LogP contribution in [0.25, 0.3) is 6.08 Å². The summed E-state index contributed by atoms with van der Waals surface area (Å²) in [5.74, 6) is 0.472. The van der Waals surface area contributed by atoms with Crippen LogP contribution >= 0.6 is 0 Å². The third kappa shape index (κ3) is 6.30. The van der Waals surface area contributed by atoms with Crippen molar-refractivity contribution in [2.75, 3.05) is 7.11 Å². The number of methoxy groups -OCH3 is 1. The molecule has 0 unspecified atom stereocenters. The Morgan fingerprint density at radius 3 is 2.64 bits per heavy atom. The highest BCUT2D eigenvalue weighted by Crippen LogP contribution is 2.26. The lowest BCUT2D eigenvalue weighted by Gasteiger charge is -2.18. The minimum absolute atomic E-state index is 0.0802. The largest absolute Gasteiger partial charge is 0.504 e. The molecule has 0 atom stereocenters. The van der Waals surface area contributed by atoms with Crippen LogP contribution in [-0.4, -0.2) is 29.6 Å². The molecule has 1 aromatic rings. The van der Waals surface area contributed by atoms with Gasteiger partial charge >= 0.3 is 6.09 Å². The van der Waals surface area contributed by atoms with Gasteiger partial charge in [0, 0.05) is 0 Å². The van der Waals surface area contributed by atoms with Gasteiger partial charge < -0.3 is 14.6 Å². The van der Waals surface area contributed by atoms with Gasteiger partial charge in [-0.25, -0.2) is 10.2 Å². The van der Waals surface area contributed by atoms with E-state index in [9.17, 15) is 9.90 Å². The highest BCUT2D eigenvalue weighted by Gasteiger charge is 2.15. The monoisotopic (exact) mass is 306 g/mol. The van der Waals surface area contributed by atoms with Crippen molar-refractivity contribution >= 4 is 17.9 Å². The minimum atomic E-state index is -0.605. The van der Waals surface area contributed by atoms with E-state index >= 15 is 0 Å². The zero-order valence-corrected chi connectivity index (χ0v) is 13.5. The van der Waals surface area contributed by atoms with E-state index in [0.717, 1.165) is 5.56 Å². The standard InChI is InChI=1S/C16H22N2O4/c1-11(17-18-15(20)22-16(2,3)4)6-7-12-8-9-13(19)14(10-12)21-5/h6-10,19H,1-5H3,(H,18,20). The van der Waals surface area contributed by atoms with Gasteiger partial charge in [0.05, 0.1) is 12.8 Å².